The van der Waals surface area contributed by atoms with E-state index in [0.717, 1.165) is 12.1 Å². The Balaban J connectivity index is 2.44. The third-order valence-corrected chi connectivity index (χ3v) is 2.98. The first kappa shape index (κ1) is 11.4. The molecule has 3 nitrogen and oxygen atoms in total. The SMILES string of the molecule is O=C1NC(=O)C(c2cc(F)cc(Cl)c2)C1Cl. The molecule has 1 aromatic rings. The van der Waals surface area contributed by atoms with Gasteiger partial charge < -0.3 is 0 Å². The van der Waals surface area contributed by atoms with E-state index in [0.29, 0.717) is 5.56 Å². The number of rotatable bonds is 1. The van der Waals surface area contributed by atoms with Crippen LogP contribution in [0.3, 0.4) is 0 Å². The third-order valence-electron chi connectivity index (χ3n) is 2.32. The van der Waals surface area contributed by atoms with Crippen molar-refractivity contribution in [2.75, 3.05) is 0 Å². The number of carbonyl (C=O) groups is 2. The van der Waals surface area contributed by atoms with Crippen molar-refractivity contribution < 1.29 is 14.0 Å². The first-order valence-electron chi connectivity index (χ1n) is 4.44. The standard InChI is InChI=1S/C10H6Cl2FNO2/c11-5-1-4(2-6(13)3-5)7-8(12)10(16)14-9(7)15/h1-3,7-8H,(H,14,15,16). The molecule has 1 N–H and O–H groups in total. The van der Waals surface area contributed by atoms with Crippen molar-refractivity contribution in [1.82, 2.24) is 5.32 Å². The van der Waals surface area contributed by atoms with Crippen LogP contribution in [0.1, 0.15) is 11.5 Å². The maximum absolute atomic E-state index is 13.1. The van der Waals surface area contributed by atoms with Gasteiger partial charge in [0.2, 0.25) is 11.8 Å². The number of hydrogen-bond acceptors (Lipinski definition) is 2. The van der Waals surface area contributed by atoms with Crippen LogP contribution >= 0.6 is 23.2 Å². The summed E-state index contributed by atoms with van der Waals surface area (Å²) in [6.07, 6.45) is 0. The maximum atomic E-state index is 13.1. The fourth-order valence-electron chi connectivity index (χ4n) is 1.63. The van der Waals surface area contributed by atoms with Crippen LogP contribution in [0.15, 0.2) is 18.2 Å². The molecule has 1 heterocycles. The van der Waals surface area contributed by atoms with Crippen LogP contribution in [0.2, 0.25) is 5.02 Å². The van der Waals surface area contributed by atoms with E-state index in [1.165, 1.54) is 6.07 Å². The Morgan fingerprint density at radius 3 is 2.38 bits per heavy atom. The van der Waals surface area contributed by atoms with Gasteiger partial charge in [-0.25, -0.2) is 4.39 Å². The molecular weight excluding hydrogens is 256 g/mol. The molecule has 2 rings (SSSR count). The Kier molecular flexibility index (Phi) is 2.86. The number of imide groups is 1. The van der Waals surface area contributed by atoms with Gasteiger partial charge >= 0.3 is 0 Å². The summed E-state index contributed by atoms with van der Waals surface area (Å²) >= 11 is 11.4. The zero-order chi connectivity index (χ0) is 11.9. The Bertz CT molecular complexity index is 458. The molecule has 0 aromatic heterocycles. The topological polar surface area (TPSA) is 46.2 Å². The van der Waals surface area contributed by atoms with Gasteiger partial charge in [-0.15, -0.1) is 11.6 Å². The summed E-state index contributed by atoms with van der Waals surface area (Å²) < 4.78 is 13.1. The number of hydrogen-bond donors (Lipinski definition) is 1. The smallest absolute Gasteiger partial charge is 0.245 e. The molecule has 0 saturated carbocycles. The van der Waals surface area contributed by atoms with E-state index >= 15 is 0 Å². The number of halogens is 3. The van der Waals surface area contributed by atoms with Crippen LogP contribution in [0.4, 0.5) is 4.39 Å². The van der Waals surface area contributed by atoms with Crippen LogP contribution in [-0.2, 0) is 9.59 Å². The van der Waals surface area contributed by atoms with Crippen molar-refractivity contribution >= 4 is 35.0 Å². The predicted octanol–water partition coefficient (Wildman–Crippen LogP) is 1.83. The highest BCUT2D eigenvalue weighted by atomic mass is 35.5. The van der Waals surface area contributed by atoms with E-state index < -0.39 is 28.9 Å². The number of nitrogens with one attached hydrogen (secondary N) is 1. The van der Waals surface area contributed by atoms with Gasteiger partial charge in [-0.3, -0.25) is 14.9 Å². The number of benzene rings is 1. The first-order chi connectivity index (χ1) is 7.49. The van der Waals surface area contributed by atoms with Gasteiger partial charge in [-0.1, -0.05) is 11.6 Å². The first-order valence-corrected chi connectivity index (χ1v) is 5.25. The van der Waals surface area contributed by atoms with Gasteiger partial charge in [-0.05, 0) is 23.8 Å². The lowest BCUT2D eigenvalue weighted by Crippen LogP contribution is -2.22. The molecule has 6 heteroatoms. The molecule has 0 bridgehead atoms. The third kappa shape index (κ3) is 1.90. The Morgan fingerprint density at radius 1 is 1.19 bits per heavy atom. The average molecular weight is 262 g/mol. The molecule has 1 aromatic carbocycles. The lowest BCUT2D eigenvalue weighted by molar-refractivity contribution is -0.125. The predicted molar refractivity (Wildman–Crippen MR) is 56.9 cm³/mol. The monoisotopic (exact) mass is 261 g/mol. The van der Waals surface area contributed by atoms with Gasteiger partial charge in [0, 0.05) is 5.02 Å². The van der Waals surface area contributed by atoms with Crippen molar-refractivity contribution in [3.05, 3.63) is 34.6 Å². The van der Waals surface area contributed by atoms with Gasteiger partial charge in [0.25, 0.3) is 0 Å². The molecule has 2 amide bonds. The Hall–Kier alpha value is -1.13. The van der Waals surface area contributed by atoms with Crippen LogP contribution < -0.4 is 5.32 Å². The summed E-state index contributed by atoms with van der Waals surface area (Å²) in [7, 11) is 0. The van der Waals surface area contributed by atoms with Crippen molar-refractivity contribution in [3.63, 3.8) is 0 Å². The van der Waals surface area contributed by atoms with E-state index in [1.807, 2.05) is 0 Å². The molecule has 16 heavy (non-hydrogen) atoms. The lowest BCUT2D eigenvalue weighted by atomic mass is 9.97. The fourth-order valence-corrected chi connectivity index (χ4v) is 2.17. The van der Waals surface area contributed by atoms with Crippen molar-refractivity contribution in [2.45, 2.75) is 11.3 Å². The summed E-state index contributed by atoms with van der Waals surface area (Å²) in [5, 5.41) is 1.21. The van der Waals surface area contributed by atoms with Gasteiger partial charge in [-0.2, -0.15) is 0 Å². The Labute approximate surface area is 101 Å². The van der Waals surface area contributed by atoms with E-state index in [2.05, 4.69) is 5.32 Å². The number of alkyl halides is 1. The summed E-state index contributed by atoms with van der Waals surface area (Å²) in [4.78, 5) is 22.6. The zero-order valence-electron chi connectivity index (χ0n) is 7.84. The maximum Gasteiger partial charge on any atom is 0.245 e. The van der Waals surface area contributed by atoms with Crippen molar-refractivity contribution in [1.29, 1.82) is 0 Å². The number of carbonyl (C=O) groups excluding carboxylic acids is 2. The second-order valence-corrected chi connectivity index (χ2v) is 4.34. The zero-order valence-corrected chi connectivity index (χ0v) is 9.35. The minimum absolute atomic E-state index is 0.158. The molecule has 1 aliphatic heterocycles. The minimum atomic E-state index is -1.02. The molecule has 1 saturated heterocycles. The van der Waals surface area contributed by atoms with Crippen LogP contribution in [0.25, 0.3) is 0 Å². The largest absolute Gasteiger partial charge is 0.295 e. The quantitative estimate of drug-likeness (QED) is 0.620. The molecular formula is C10H6Cl2FNO2. The van der Waals surface area contributed by atoms with E-state index in [-0.39, 0.29) is 5.02 Å². The summed E-state index contributed by atoms with van der Waals surface area (Å²) in [5.74, 6) is -2.57. The molecule has 0 aliphatic carbocycles. The molecule has 1 fully saturated rings. The van der Waals surface area contributed by atoms with Gasteiger partial charge in [0.1, 0.15) is 11.2 Å². The molecule has 84 valence electrons. The summed E-state index contributed by atoms with van der Waals surface area (Å²) in [6.45, 7) is 0. The lowest BCUT2D eigenvalue weighted by Gasteiger charge is -2.10. The second kappa shape index (κ2) is 4.03. The second-order valence-electron chi connectivity index (χ2n) is 3.44. The number of amides is 2. The van der Waals surface area contributed by atoms with Crippen LogP contribution in [-0.4, -0.2) is 17.2 Å². The van der Waals surface area contributed by atoms with Crippen LogP contribution in [0.5, 0.6) is 0 Å². The molecule has 2 atom stereocenters. The van der Waals surface area contributed by atoms with Gasteiger partial charge in [0.05, 0.1) is 5.92 Å². The summed E-state index contributed by atoms with van der Waals surface area (Å²) in [6, 6.07) is 3.68. The molecule has 2 unspecified atom stereocenters. The normalized spacial score (nSPS) is 24.7. The Morgan fingerprint density at radius 2 is 1.88 bits per heavy atom. The molecule has 1 aliphatic rings. The minimum Gasteiger partial charge on any atom is -0.295 e. The van der Waals surface area contributed by atoms with Crippen molar-refractivity contribution in [2.24, 2.45) is 0 Å². The highest BCUT2D eigenvalue weighted by Crippen LogP contribution is 2.30. The highest BCUT2D eigenvalue weighted by molar-refractivity contribution is 6.37. The molecule has 0 spiro atoms. The van der Waals surface area contributed by atoms with E-state index in [1.54, 1.807) is 0 Å². The van der Waals surface area contributed by atoms with E-state index in [4.69, 9.17) is 23.2 Å². The highest BCUT2D eigenvalue weighted by Gasteiger charge is 2.41. The van der Waals surface area contributed by atoms with E-state index in [9.17, 15) is 14.0 Å². The van der Waals surface area contributed by atoms with Crippen molar-refractivity contribution in [3.8, 4) is 0 Å². The fraction of sp³-hybridized carbons (Fsp3) is 0.200. The molecule has 0 radical (unpaired) electrons. The van der Waals surface area contributed by atoms with Gasteiger partial charge in [0.15, 0.2) is 0 Å². The average Bonchev–Trinajstić information content (AvgIpc) is 2.39. The van der Waals surface area contributed by atoms with Crippen LogP contribution in [0, 0.1) is 5.82 Å². The summed E-state index contributed by atoms with van der Waals surface area (Å²) in [5.41, 5.74) is 0.299.